The molecular weight excluding hydrogens is 384 g/mol. The van der Waals surface area contributed by atoms with Gasteiger partial charge >= 0.3 is 5.97 Å². The summed E-state index contributed by atoms with van der Waals surface area (Å²) in [5.41, 5.74) is 0.593. The minimum atomic E-state index is -3.57. The number of nitrogens with one attached hydrogen (secondary N) is 2. The van der Waals surface area contributed by atoms with E-state index in [-0.39, 0.29) is 29.2 Å². The fourth-order valence-corrected chi connectivity index (χ4v) is 3.61. The molecule has 1 heterocycles. The smallest absolute Gasteiger partial charge is 0.303 e. The molecule has 0 spiro atoms. The lowest BCUT2D eigenvalue weighted by Crippen LogP contribution is -2.15. The number of hydrogen-bond acceptors (Lipinski definition) is 7. The first-order valence-electron chi connectivity index (χ1n) is 8.73. The van der Waals surface area contributed by atoms with Gasteiger partial charge in [-0.3, -0.25) is 9.59 Å². The number of carbonyl (C=O) groups excluding carboxylic acids is 1. The molecular formula is C18H22N4O5S. The number of carboxylic acid groups (broad SMARTS) is 1. The van der Waals surface area contributed by atoms with Gasteiger partial charge in [-0.1, -0.05) is 6.92 Å². The number of carbonyl (C=O) groups is 2. The summed E-state index contributed by atoms with van der Waals surface area (Å²) in [5, 5.41) is 14.3. The molecule has 0 atom stereocenters. The number of aromatic nitrogens is 2. The first-order valence-corrected chi connectivity index (χ1v) is 10.4. The van der Waals surface area contributed by atoms with E-state index in [1.165, 1.54) is 36.7 Å². The van der Waals surface area contributed by atoms with Crippen LogP contribution in [0, 0.1) is 0 Å². The molecule has 0 aliphatic rings. The largest absolute Gasteiger partial charge is 0.481 e. The Balaban J connectivity index is 2.02. The number of hydrogen-bond donors (Lipinski definition) is 3. The predicted octanol–water partition coefficient (Wildman–Crippen LogP) is 2.19. The zero-order valence-electron chi connectivity index (χ0n) is 15.4. The molecule has 0 aliphatic heterocycles. The van der Waals surface area contributed by atoms with Crippen LogP contribution in [0.3, 0.4) is 0 Å². The van der Waals surface area contributed by atoms with E-state index in [4.69, 9.17) is 5.11 Å². The van der Waals surface area contributed by atoms with Crippen LogP contribution in [0.25, 0.3) is 0 Å². The van der Waals surface area contributed by atoms with E-state index in [2.05, 4.69) is 20.6 Å². The fourth-order valence-electron chi connectivity index (χ4n) is 2.30. The Kier molecular flexibility index (Phi) is 7.44. The van der Waals surface area contributed by atoms with Gasteiger partial charge < -0.3 is 15.7 Å². The summed E-state index contributed by atoms with van der Waals surface area (Å²) in [4.78, 5) is 30.9. The topological polar surface area (TPSA) is 138 Å². The van der Waals surface area contributed by atoms with Crippen molar-refractivity contribution in [3.05, 3.63) is 42.4 Å². The molecule has 150 valence electrons. The zero-order valence-corrected chi connectivity index (χ0v) is 16.2. The average Bonchev–Trinajstić information content (AvgIpc) is 2.66. The minimum Gasteiger partial charge on any atom is -0.481 e. The first kappa shape index (κ1) is 21.3. The predicted molar refractivity (Wildman–Crippen MR) is 104 cm³/mol. The van der Waals surface area contributed by atoms with Gasteiger partial charge in [0.2, 0.25) is 0 Å². The van der Waals surface area contributed by atoms with Gasteiger partial charge in [-0.2, -0.15) is 0 Å². The van der Waals surface area contributed by atoms with Crippen molar-refractivity contribution in [2.45, 2.75) is 31.1 Å². The van der Waals surface area contributed by atoms with Gasteiger partial charge in [-0.25, -0.2) is 18.4 Å². The number of aliphatic carboxylic acids is 1. The molecule has 1 amide bonds. The Hall–Kier alpha value is -3.01. The maximum Gasteiger partial charge on any atom is 0.303 e. The number of amides is 1. The van der Waals surface area contributed by atoms with Crippen molar-refractivity contribution in [1.82, 2.24) is 9.97 Å². The third-order valence-electron chi connectivity index (χ3n) is 3.73. The van der Waals surface area contributed by atoms with E-state index in [0.29, 0.717) is 11.5 Å². The number of rotatable bonds is 10. The molecule has 1 aromatic carbocycles. The van der Waals surface area contributed by atoms with Crippen molar-refractivity contribution in [3.8, 4) is 0 Å². The molecule has 0 fully saturated rings. The van der Waals surface area contributed by atoms with E-state index in [9.17, 15) is 18.0 Å². The van der Waals surface area contributed by atoms with Crippen molar-refractivity contribution < 1.29 is 23.1 Å². The molecule has 28 heavy (non-hydrogen) atoms. The van der Waals surface area contributed by atoms with Gasteiger partial charge in [0.25, 0.3) is 5.91 Å². The van der Waals surface area contributed by atoms with Gasteiger partial charge in [0.15, 0.2) is 9.84 Å². The Bertz CT molecular complexity index is 929. The minimum absolute atomic E-state index is 0.0399. The lowest BCUT2D eigenvalue weighted by atomic mass is 10.3. The highest BCUT2D eigenvalue weighted by Crippen LogP contribution is 2.17. The summed E-state index contributed by atoms with van der Waals surface area (Å²) in [6.07, 6.45) is 2.04. The van der Waals surface area contributed by atoms with Crippen LogP contribution in [-0.2, 0) is 14.6 Å². The van der Waals surface area contributed by atoms with E-state index in [1.807, 2.05) is 6.92 Å². The van der Waals surface area contributed by atoms with Crippen LogP contribution in [0.5, 0.6) is 0 Å². The number of anilines is 2. The second kappa shape index (κ2) is 9.79. The first-order chi connectivity index (χ1) is 13.3. The normalized spacial score (nSPS) is 11.0. The summed E-state index contributed by atoms with van der Waals surface area (Å²) in [5.74, 6) is -1.19. The van der Waals surface area contributed by atoms with Crippen molar-refractivity contribution in [1.29, 1.82) is 0 Å². The van der Waals surface area contributed by atoms with Gasteiger partial charge in [0, 0.05) is 24.7 Å². The van der Waals surface area contributed by atoms with Crippen LogP contribution >= 0.6 is 0 Å². The monoisotopic (exact) mass is 406 g/mol. The Morgan fingerprint density at radius 2 is 1.86 bits per heavy atom. The number of nitrogens with zero attached hydrogens (tertiary/aromatic N) is 2. The third kappa shape index (κ3) is 6.31. The van der Waals surface area contributed by atoms with E-state index in [0.717, 1.165) is 13.0 Å². The maximum absolute atomic E-state index is 12.3. The zero-order chi connectivity index (χ0) is 20.6. The van der Waals surface area contributed by atoms with Crippen LogP contribution in [0.4, 0.5) is 11.5 Å². The molecule has 0 saturated heterocycles. The van der Waals surface area contributed by atoms with Crippen LogP contribution < -0.4 is 10.6 Å². The molecule has 0 unspecified atom stereocenters. The molecule has 10 heteroatoms. The highest BCUT2D eigenvalue weighted by atomic mass is 32.2. The van der Waals surface area contributed by atoms with Gasteiger partial charge in [-0.15, -0.1) is 0 Å². The number of carboxylic acids is 1. The van der Waals surface area contributed by atoms with Crippen molar-refractivity contribution >= 4 is 33.2 Å². The number of benzene rings is 1. The summed E-state index contributed by atoms with van der Waals surface area (Å²) >= 11 is 0. The lowest BCUT2D eigenvalue weighted by Gasteiger charge is -2.08. The summed E-state index contributed by atoms with van der Waals surface area (Å²) in [6.45, 7) is 2.73. The second-order valence-corrected chi connectivity index (χ2v) is 8.12. The van der Waals surface area contributed by atoms with Crippen LogP contribution in [0.2, 0.25) is 0 Å². The van der Waals surface area contributed by atoms with Crippen LogP contribution in [0.1, 0.15) is 36.7 Å². The number of sulfone groups is 1. The SMILES string of the molecule is CCCNc1cc(C(=O)Nc2ccc(S(=O)(=O)CCCC(=O)O)cc2)ncn1. The van der Waals surface area contributed by atoms with Gasteiger partial charge in [0.1, 0.15) is 17.8 Å². The van der Waals surface area contributed by atoms with Crippen molar-refractivity contribution in [3.63, 3.8) is 0 Å². The summed E-state index contributed by atoms with van der Waals surface area (Å²) < 4.78 is 24.4. The highest BCUT2D eigenvalue weighted by Gasteiger charge is 2.15. The molecule has 2 rings (SSSR count). The van der Waals surface area contributed by atoms with Gasteiger partial charge in [-0.05, 0) is 37.1 Å². The average molecular weight is 406 g/mol. The Morgan fingerprint density at radius 3 is 2.50 bits per heavy atom. The Labute approximate surface area is 163 Å². The maximum atomic E-state index is 12.3. The van der Waals surface area contributed by atoms with E-state index >= 15 is 0 Å². The molecule has 9 nitrogen and oxygen atoms in total. The quantitative estimate of drug-likeness (QED) is 0.546. The molecule has 0 radical (unpaired) electrons. The standard InChI is InChI=1S/C18H22N4O5S/c1-2-9-19-16-11-15(20-12-21-16)18(25)22-13-5-7-14(8-6-13)28(26,27)10-3-4-17(23)24/h5-8,11-12H,2-4,9-10H2,1H3,(H,22,25)(H,23,24)(H,19,20,21). The fraction of sp³-hybridized carbons (Fsp3) is 0.333. The van der Waals surface area contributed by atoms with E-state index < -0.39 is 21.7 Å². The van der Waals surface area contributed by atoms with Gasteiger partial charge in [0.05, 0.1) is 10.6 Å². The summed E-state index contributed by atoms with van der Waals surface area (Å²) in [6, 6.07) is 7.23. The van der Waals surface area contributed by atoms with Crippen molar-refractivity contribution in [2.75, 3.05) is 22.9 Å². The van der Waals surface area contributed by atoms with E-state index in [1.54, 1.807) is 0 Å². The molecule has 0 aliphatic carbocycles. The molecule has 3 N–H and O–H groups in total. The third-order valence-corrected chi connectivity index (χ3v) is 5.55. The van der Waals surface area contributed by atoms with Crippen molar-refractivity contribution in [2.24, 2.45) is 0 Å². The second-order valence-electron chi connectivity index (χ2n) is 6.01. The van der Waals surface area contributed by atoms with Crippen LogP contribution in [0.15, 0.2) is 41.6 Å². The molecule has 0 bridgehead atoms. The Morgan fingerprint density at radius 1 is 1.14 bits per heavy atom. The lowest BCUT2D eigenvalue weighted by molar-refractivity contribution is -0.137. The van der Waals surface area contributed by atoms with Crippen LogP contribution in [-0.4, -0.2) is 47.7 Å². The summed E-state index contributed by atoms with van der Waals surface area (Å²) in [7, 11) is -3.57. The highest BCUT2D eigenvalue weighted by molar-refractivity contribution is 7.91. The molecule has 2 aromatic rings. The molecule has 1 aromatic heterocycles. The molecule has 0 saturated carbocycles.